The third kappa shape index (κ3) is 2.83. The van der Waals surface area contributed by atoms with Gasteiger partial charge in [0.25, 0.3) is 0 Å². The van der Waals surface area contributed by atoms with Crippen LogP contribution in [0, 0.1) is 19.7 Å². The summed E-state index contributed by atoms with van der Waals surface area (Å²) in [4.78, 5) is 0.0879. The Kier molecular flexibility index (Phi) is 4.23. The standard InChI is InChI=1S/C15H13Br2F/c1-9-8-12(16)4-5-13(9)15(17)11-3-6-14(18)10(2)7-11/h3-8,15H,1-2H3. The molecule has 2 aromatic carbocycles. The van der Waals surface area contributed by atoms with E-state index in [9.17, 15) is 4.39 Å². The maximum Gasteiger partial charge on any atom is 0.126 e. The molecule has 2 aromatic rings. The number of aryl methyl sites for hydroxylation is 2. The van der Waals surface area contributed by atoms with Crippen LogP contribution in [0.4, 0.5) is 4.39 Å². The number of hydrogen-bond acceptors (Lipinski definition) is 0. The summed E-state index contributed by atoms with van der Waals surface area (Å²) in [6, 6.07) is 11.4. The molecule has 0 N–H and O–H groups in total. The third-order valence-electron chi connectivity index (χ3n) is 2.98. The molecule has 18 heavy (non-hydrogen) atoms. The van der Waals surface area contributed by atoms with Gasteiger partial charge in [0.15, 0.2) is 0 Å². The minimum absolute atomic E-state index is 0.0879. The molecule has 0 nitrogen and oxygen atoms in total. The lowest BCUT2D eigenvalue weighted by Gasteiger charge is -2.14. The number of benzene rings is 2. The zero-order valence-electron chi connectivity index (χ0n) is 10.2. The molecule has 0 saturated heterocycles. The monoisotopic (exact) mass is 370 g/mol. The van der Waals surface area contributed by atoms with E-state index >= 15 is 0 Å². The first-order valence-corrected chi connectivity index (χ1v) is 7.36. The normalized spacial score (nSPS) is 12.5. The highest BCUT2D eigenvalue weighted by Gasteiger charge is 2.13. The first-order chi connectivity index (χ1) is 8.49. The average Bonchev–Trinajstić information content (AvgIpc) is 2.32. The molecule has 0 aromatic heterocycles. The van der Waals surface area contributed by atoms with Crippen LogP contribution < -0.4 is 0 Å². The molecular formula is C15H13Br2F. The molecule has 0 spiro atoms. The van der Waals surface area contributed by atoms with E-state index in [4.69, 9.17) is 0 Å². The van der Waals surface area contributed by atoms with Crippen LogP contribution >= 0.6 is 31.9 Å². The molecule has 2 rings (SSSR count). The number of rotatable bonds is 2. The Hall–Kier alpha value is -0.670. The van der Waals surface area contributed by atoms with Crippen molar-refractivity contribution < 1.29 is 4.39 Å². The largest absolute Gasteiger partial charge is 0.207 e. The van der Waals surface area contributed by atoms with Gasteiger partial charge in [0, 0.05) is 4.47 Å². The minimum Gasteiger partial charge on any atom is -0.207 e. The van der Waals surface area contributed by atoms with Gasteiger partial charge in [-0.2, -0.15) is 0 Å². The highest BCUT2D eigenvalue weighted by Crippen LogP contribution is 2.34. The van der Waals surface area contributed by atoms with Gasteiger partial charge in [-0.1, -0.05) is 50.1 Å². The molecular weight excluding hydrogens is 359 g/mol. The topological polar surface area (TPSA) is 0 Å². The molecule has 0 fully saturated rings. The average molecular weight is 372 g/mol. The quantitative estimate of drug-likeness (QED) is 0.595. The lowest BCUT2D eigenvalue weighted by atomic mass is 9.99. The van der Waals surface area contributed by atoms with Crippen molar-refractivity contribution in [1.29, 1.82) is 0 Å². The van der Waals surface area contributed by atoms with Crippen molar-refractivity contribution in [3.63, 3.8) is 0 Å². The Morgan fingerprint density at radius 3 is 2.33 bits per heavy atom. The van der Waals surface area contributed by atoms with Crippen LogP contribution in [0.1, 0.15) is 27.1 Å². The molecule has 1 atom stereocenters. The van der Waals surface area contributed by atoms with Crippen molar-refractivity contribution in [2.75, 3.05) is 0 Å². The molecule has 0 heterocycles. The summed E-state index contributed by atoms with van der Waals surface area (Å²) < 4.78 is 14.3. The number of alkyl halides is 1. The van der Waals surface area contributed by atoms with Crippen LogP contribution in [-0.2, 0) is 0 Å². The Morgan fingerprint density at radius 1 is 1.00 bits per heavy atom. The van der Waals surface area contributed by atoms with E-state index < -0.39 is 0 Å². The van der Waals surface area contributed by atoms with E-state index in [1.807, 2.05) is 18.2 Å². The van der Waals surface area contributed by atoms with Gasteiger partial charge in [0.1, 0.15) is 5.82 Å². The first-order valence-electron chi connectivity index (χ1n) is 5.65. The van der Waals surface area contributed by atoms with Crippen molar-refractivity contribution in [3.8, 4) is 0 Å². The van der Waals surface area contributed by atoms with Crippen LogP contribution in [0.25, 0.3) is 0 Å². The van der Waals surface area contributed by atoms with Crippen LogP contribution in [0.2, 0.25) is 0 Å². The minimum atomic E-state index is -0.161. The van der Waals surface area contributed by atoms with Gasteiger partial charge in [-0.25, -0.2) is 4.39 Å². The fourth-order valence-corrected chi connectivity index (χ4v) is 3.20. The van der Waals surface area contributed by atoms with Crippen molar-refractivity contribution >= 4 is 31.9 Å². The summed E-state index contributed by atoms with van der Waals surface area (Å²) in [6.07, 6.45) is 0. The maximum absolute atomic E-state index is 13.3. The second-order valence-corrected chi connectivity index (χ2v) is 6.20. The van der Waals surface area contributed by atoms with Crippen LogP contribution in [-0.4, -0.2) is 0 Å². The fraction of sp³-hybridized carbons (Fsp3) is 0.200. The predicted molar refractivity (Wildman–Crippen MR) is 80.8 cm³/mol. The van der Waals surface area contributed by atoms with Gasteiger partial charge in [0.2, 0.25) is 0 Å². The van der Waals surface area contributed by atoms with Crippen molar-refractivity contribution in [1.82, 2.24) is 0 Å². The van der Waals surface area contributed by atoms with E-state index in [0.717, 1.165) is 10.0 Å². The summed E-state index contributed by atoms with van der Waals surface area (Å²) in [5, 5.41) is 0. The highest BCUT2D eigenvalue weighted by molar-refractivity contribution is 9.10. The van der Waals surface area contributed by atoms with Crippen LogP contribution in [0.5, 0.6) is 0 Å². The van der Waals surface area contributed by atoms with Crippen molar-refractivity contribution in [3.05, 3.63) is 68.9 Å². The molecule has 3 heteroatoms. The Morgan fingerprint density at radius 2 is 1.72 bits per heavy atom. The second-order valence-electron chi connectivity index (χ2n) is 4.37. The summed E-state index contributed by atoms with van der Waals surface area (Å²) in [7, 11) is 0. The van der Waals surface area contributed by atoms with Gasteiger partial charge in [-0.3, -0.25) is 0 Å². The zero-order chi connectivity index (χ0) is 13.3. The Bertz CT molecular complexity index is 579. The van der Waals surface area contributed by atoms with E-state index in [1.165, 1.54) is 17.2 Å². The summed E-state index contributed by atoms with van der Waals surface area (Å²) in [5.41, 5.74) is 4.14. The number of hydrogen-bond donors (Lipinski definition) is 0. The molecule has 94 valence electrons. The summed E-state index contributed by atoms with van der Waals surface area (Å²) in [5.74, 6) is -0.161. The van der Waals surface area contributed by atoms with E-state index in [-0.39, 0.29) is 10.6 Å². The van der Waals surface area contributed by atoms with Gasteiger partial charge in [0.05, 0.1) is 4.83 Å². The predicted octanol–water partition coefficient (Wildman–Crippen LogP) is 5.69. The molecule has 0 bridgehead atoms. The van der Waals surface area contributed by atoms with E-state index in [1.54, 1.807) is 6.92 Å². The van der Waals surface area contributed by atoms with Crippen molar-refractivity contribution in [2.45, 2.75) is 18.7 Å². The Balaban J connectivity index is 2.41. The molecule has 0 aliphatic carbocycles. The van der Waals surface area contributed by atoms with E-state index in [0.29, 0.717) is 5.56 Å². The molecule has 1 unspecified atom stereocenters. The number of halogens is 3. The summed E-state index contributed by atoms with van der Waals surface area (Å²) >= 11 is 7.15. The fourth-order valence-electron chi connectivity index (χ4n) is 1.93. The summed E-state index contributed by atoms with van der Waals surface area (Å²) in [6.45, 7) is 3.86. The van der Waals surface area contributed by atoms with E-state index in [2.05, 4.69) is 50.9 Å². The maximum atomic E-state index is 13.3. The van der Waals surface area contributed by atoms with Crippen LogP contribution in [0.15, 0.2) is 40.9 Å². The Labute approximate surface area is 123 Å². The van der Waals surface area contributed by atoms with Gasteiger partial charge in [-0.15, -0.1) is 0 Å². The molecule has 0 amide bonds. The lowest BCUT2D eigenvalue weighted by molar-refractivity contribution is 0.617. The van der Waals surface area contributed by atoms with Crippen LogP contribution in [0.3, 0.4) is 0 Å². The lowest BCUT2D eigenvalue weighted by Crippen LogP contribution is -1.97. The molecule has 0 aliphatic rings. The smallest absolute Gasteiger partial charge is 0.126 e. The second kappa shape index (κ2) is 5.54. The zero-order valence-corrected chi connectivity index (χ0v) is 13.3. The van der Waals surface area contributed by atoms with Crippen molar-refractivity contribution in [2.24, 2.45) is 0 Å². The first kappa shape index (κ1) is 13.8. The molecule has 0 radical (unpaired) electrons. The van der Waals surface area contributed by atoms with Gasteiger partial charge >= 0.3 is 0 Å². The molecule has 0 aliphatic heterocycles. The third-order valence-corrected chi connectivity index (χ3v) is 4.49. The SMILES string of the molecule is Cc1cc(C(Br)c2ccc(Br)cc2C)ccc1F. The molecule has 0 saturated carbocycles. The highest BCUT2D eigenvalue weighted by atomic mass is 79.9. The van der Waals surface area contributed by atoms with Gasteiger partial charge < -0.3 is 0 Å². The van der Waals surface area contributed by atoms with Gasteiger partial charge in [-0.05, 0) is 54.3 Å².